The van der Waals surface area contributed by atoms with Crippen molar-refractivity contribution in [3.8, 4) is 11.5 Å². The quantitative estimate of drug-likeness (QED) is 0.608. The molecule has 6 heteroatoms. The fourth-order valence-corrected chi connectivity index (χ4v) is 2.54. The van der Waals surface area contributed by atoms with Crippen LogP contribution in [0.4, 0.5) is 11.4 Å². The number of anilines is 2. The van der Waals surface area contributed by atoms with Crippen LogP contribution in [0.5, 0.6) is 11.5 Å². The third kappa shape index (κ3) is 5.84. The summed E-state index contributed by atoms with van der Waals surface area (Å²) in [5.74, 6) is 0.333. The standard InChI is InChI=1S/C23H22N2O4/c1-25(2)19-12-10-18(11-13-19)24-22(26)16-28-23(27)17-8-14-21(15-9-17)29-20-6-4-3-5-7-20/h3-15H,16H2,1-2H3,(H,24,26). The van der Waals surface area contributed by atoms with Crippen molar-refractivity contribution in [1.82, 2.24) is 0 Å². The molecule has 3 aromatic carbocycles. The van der Waals surface area contributed by atoms with E-state index in [9.17, 15) is 9.59 Å². The molecule has 0 heterocycles. The van der Waals surface area contributed by atoms with Gasteiger partial charge in [-0.2, -0.15) is 0 Å². The van der Waals surface area contributed by atoms with Crippen molar-refractivity contribution in [3.05, 3.63) is 84.4 Å². The molecule has 0 bridgehead atoms. The summed E-state index contributed by atoms with van der Waals surface area (Å²) in [6.45, 7) is -0.365. The Morgan fingerprint density at radius 2 is 1.45 bits per heavy atom. The first-order valence-corrected chi connectivity index (χ1v) is 9.08. The largest absolute Gasteiger partial charge is 0.457 e. The summed E-state index contributed by atoms with van der Waals surface area (Å²) < 4.78 is 10.8. The van der Waals surface area contributed by atoms with E-state index in [1.807, 2.05) is 61.5 Å². The van der Waals surface area contributed by atoms with Crippen LogP contribution in [0, 0.1) is 0 Å². The molecule has 148 valence electrons. The molecule has 0 atom stereocenters. The zero-order chi connectivity index (χ0) is 20.6. The number of rotatable bonds is 7. The summed E-state index contributed by atoms with van der Waals surface area (Å²) in [5, 5.41) is 2.70. The third-order valence-electron chi connectivity index (χ3n) is 4.07. The van der Waals surface area contributed by atoms with E-state index in [0.717, 1.165) is 5.69 Å². The van der Waals surface area contributed by atoms with Crippen molar-refractivity contribution in [2.45, 2.75) is 0 Å². The molecular formula is C23H22N2O4. The average molecular weight is 390 g/mol. The molecule has 1 amide bonds. The molecule has 0 saturated heterocycles. The Balaban J connectivity index is 1.49. The van der Waals surface area contributed by atoms with Crippen LogP contribution in [0.3, 0.4) is 0 Å². The van der Waals surface area contributed by atoms with Gasteiger partial charge < -0.3 is 19.7 Å². The molecule has 0 aliphatic carbocycles. The number of benzene rings is 3. The molecule has 6 nitrogen and oxygen atoms in total. The zero-order valence-electron chi connectivity index (χ0n) is 16.3. The van der Waals surface area contributed by atoms with Gasteiger partial charge in [0.1, 0.15) is 11.5 Å². The molecule has 0 aliphatic rings. The molecule has 0 spiro atoms. The third-order valence-corrected chi connectivity index (χ3v) is 4.07. The van der Waals surface area contributed by atoms with E-state index in [2.05, 4.69) is 5.32 Å². The minimum absolute atomic E-state index is 0.341. The normalized spacial score (nSPS) is 10.1. The van der Waals surface area contributed by atoms with Crippen molar-refractivity contribution in [2.75, 3.05) is 30.9 Å². The Hall–Kier alpha value is -3.80. The predicted octanol–water partition coefficient (Wildman–Crippen LogP) is 4.34. The summed E-state index contributed by atoms with van der Waals surface area (Å²) in [4.78, 5) is 26.1. The summed E-state index contributed by atoms with van der Waals surface area (Å²) in [7, 11) is 3.88. The first-order chi connectivity index (χ1) is 14.0. The molecule has 0 aromatic heterocycles. The number of amides is 1. The molecule has 3 aromatic rings. The number of hydrogen-bond donors (Lipinski definition) is 1. The fourth-order valence-electron chi connectivity index (χ4n) is 2.54. The minimum atomic E-state index is -0.575. The van der Waals surface area contributed by atoms with Crippen LogP contribution >= 0.6 is 0 Å². The summed E-state index contributed by atoms with van der Waals surface area (Å²) in [5.41, 5.74) is 2.00. The van der Waals surface area contributed by atoms with Crippen LogP contribution in [0.15, 0.2) is 78.9 Å². The number of para-hydroxylation sites is 1. The Morgan fingerprint density at radius 3 is 2.07 bits per heavy atom. The number of esters is 1. The maximum Gasteiger partial charge on any atom is 0.338 e. The van der Waals surface area contributed by atoms with Crippen LogP contribution in [0.2, 0.25) is 0 Å². The molecule has 29 heavy (non-hydrogen) atoms. The highest BCUT2D eigenvalue weighted by Crippen LogP contribution is 2.21. The number of nitrogens with one attached hydrogen (secondary N) is 1. The highest BCUT2D eigenvalue weighted by atomic mass is 16.5. The topological polar surface area (TPSA) is 67.9 Å². The summed E-state index contributed by atoms with van der Waals surface area (Å²) in [6, 6.07) is 23.3. The lowest BCUT2D eigenvalue weighted by Gasteiger charge is -2.13. The van der Waals surface area contributed by atoms with Gasteiger partial charge >= 0.3 is 5.97 Å². The number of nitrogens with zero attached hydrogens (tertiary/aromatic N) is 1. The number of hydrogen-bond acceptors (Lipinski definition) is 5. The second kappa shape index (κ2) is 9.41. The molecule has 0 saturated carbocycles. The Kier molecular flexibility index (Phi) is 6.47. The maximum atomic E-state index is 12.1. The van der Waals surface area contributed by atoms with E-state index in [1.165, 1.54) is 0 Å². The van der Waals surface area contributed by atoms with Crippen LogP contribution in [-0.4, -0.2) is 32.6 Å². The van der Waals surface area contributed by atoms with Gasteiger partial charge in [0, 0.05) is 25.5 Å². The second-order valence-corrected chi connectivity index (χ2v) is 6.51. The molecule has 3 rings (SSSR count). The highest BCUT2D eigenvalue weighted by molar-refractivity contribution is 5.95. The lowest BCUT2D eigenvalue weighted by Crippen LogP contribution is -2.21. The number of carbonyl (C=O) groups excluding carboxylic acids is 2. The number of ether oxygens (including phenoxy) is 2. The lowest BCUT2D eigenvalue weighted by molar-refractivity contribution is -0.119. The van der Waals surface area contributed by atoms with Gasteiger partial charge in [-0.25, -0.2) is 4.79 Å². The predicted molar refractivity (Wildman–Crippen MR) is 113 cm³/mol. The smallest absolute Gasteiger partial charge is 0.338 e. The van der Waals surface area contributed by atoms with Gasteiger partial charge in [0.05, 0.1) is 5.56 Å². The van der Waals surface area contributed by atoms with Gasteiger partial charge in [-0.1, -0.05) is 18.2 Å². The summed E-state index contributed by atoms with van der Waals surface area (Å²) >= 11 is 0. The van der Waals surface area contributed by atoms with E-state index in [-0.39, 0.29) is 6.61 Å². The molecule has 1 N–H and O–H groups in total. The SMILES string of the molecule is CN(C)c1ccc(NC(=O)COC(=O)c2ccc(Oc3ccccc3)cc2)cc1. The molecule has 0 fully saturated rings. The van der Waals surface area contributed by atoms with Gasteiger partial charge in [-0.3, -0.25) is 4.79 Å². The van der Waals surface area contributed by atoms with Crippen molar-refractivity contribution >= 4 is 23.3 Å². The Bertz CT molecular complexity index is 952. The molecular weight excluding hydrogens is 368 g/mol. The Morgan fingerprint density at radius 1 is 0.828 bits per heavy atom. The molecule has 0 radical (unpaired) electrons. The first kappa shape index (κ1) is 19.9. The Labute approximate surface area is 169 Å². The van der Waals surface area contributed by atoms with Crippen LogP contribution in [-0.2, 0) is 9.53 Å². The van der Waals surface area contributed by atoms with Crippen LogP contribution in [0.25, 0.3) is 0 Å². The van der Waals surface area contributed by atoms with Crippen molar-refractivity contribution in [1.29, 1.82) is 0 Å². The fraction of sp³-hybridized carbons (Fsp3) is 0.130. The average Bonchev–Trinajstić information content (AvgIpc) is 2.74. The summed E-state index contributed by atoms with van der Waals surface area (Å²) in [6.07, 6.45) is 0. The first-order valence-electron chi connectivity index (χ1n) is 9.08. The van der Waals surface area contributed by atoms with Gasteiger partial charge in [-0.05, 0) is 60.7 Å². The van der Waals surface area contributed by atoms with E-state index in [0.29, 0.717) is 22.7 Å². The van der Waals surface area contributed by atoms with Crippen molar-refractivity contribution in [3.63, 3.8) is 0 Å². The molecule has 0 unspecified atom stereocenters. The van der Waals surface area contributed by atoms with Gasteiger partial charge in [0.25, 0.3) is 5.91 Å². The van der Waals surface area contributed by atoms with Gasteiger partial charge in [0.15, 0.2) is 6.61 Å². The zero-order valence-corrected chi connectivity index (χ0v) is 16.3. The second-order valence-electron chi connectivity index (χ2n) is 6.51. The monoisotopic (exact) mass is 390 g/mol. The van der Waals surface area contributed by atoms with Gasteiger partial charge in [0.2, 0.25) is 0 Å². The van der Waals surface area contributed by atoms with Crippen molar-refractivity contribution < 1.29 is 19.1 Å². The highest BCUT2D eigenvalue weighted by Gasteiger charge is 2.11. The lowest BCUT2D eigenvalue weighted by atomic mass is 10.2. The van der Waals surface area contributed by atoms with E-state index in [1.54, 1.807) is 36.4 Å². The minimum Gasteiger partial charge on any atom is -0.457 e. The van der Waals surface area contributed by atoms with Crippen molar-refractivity contribution in [2.24, 2.45) is 0 Å². The van der Waals surface area contributed by atoms with E-state index < -0.39 is 11.9 Å². The number of carbonyl (C=O) groups is 2. The van der Waals surface area contributed by atoms with Crippen LogP contribution < -0.4 is 15.0 Å². The maximum absolute atomic E-state index is 12.1. The van der Waals surface area contributed by atoms with E-state index >= 15 is 0 Å². The van der Waals surface area contributed by atoms with Crippen LogP contribution in [0.1, 0.15) is 10.4 Å². The van der Waals surface area contributed by atoms with Gasteiger partial charge in [-0.15, -0.1) is 0 Å². The molecule has 0 aliphatic heterocycles. The van der Waals surface area contributed by atoms with E-state index in [4.69, 9.17) is 9.47 Å².